The van der Waals surface area contributed by atoms with Crippen LogP contribution in [0.15, 0.2) is 90.6 Å². The van der Waals surface area contributed by atoms with Gasteiger partial charge in [-0.05, 0) is 35.9 Å². The normalized spacial score (nSPS) is 10.8. The van der Waals surface area contributed by atoms with E-state index in [2.05, 4.69) is 10.6 Å². The van der Waals surface area contributed by atoms with Crippen molar-refractivity contribution in [1.82, 2.24) is 5.32 Å². The van der Waals surface area contributed by atoms with E-state index in [9.17, 15) is 19.7 Å². The summed E-state index contributed by atoms with van der Waals surface area (Å²) in [6, 6.07) is 23.1. The lowest BCUT2D eigenvalue weighted by atomic mass is 10.1. The number of nitrogens with one attached hydrogen (secondary N) is 2. The molecule has 0 saturated heterocycles. The Morgan fingerprint density at radius 1 is 0.828 bits per heavy atom. The van der Waals surface area contributed by atoms with Crippen molar-refractivity contribution in [2.24, 2.45) is 0 Å². The molecule has 2 amide bonds. The molecule has 0 aromatic heterocycles. The van der Waals surface area contributed by atoms with Crippen molar-refractivity contribution in [2.75, 3.05) is 5.32 Å². The zero-order valence-electron chi connectivity index (χ0n) is 15.2. The fourth-order valence-electron chi connectivity index (χ4n) is 2.52. The summed E-state index contributed by atoms with van der Waals surface area (Å²) >= 11 is 0. The van der Waals surface area contributed by atoms with Crippen molar-refractivity contribution < 1.29 is 14.5 Å². The quantitative estimate of drug-likeness (QED) is 0.379. The second-order valence-electron chi connectivity index (χ2n) is 6.05. The van der Waals surface area contributed by atoms with Gasteiger partial charge in [0.1, 0.15) is 5.70 Å². The second kappa shape index (κ2) is 9.09. The van der Waals surface area contributed by atoms with Gasteiger partial charge in [0.15, 0.2) is 0 Å². The van der Waals surface area contributed by atoms with Crippen LogP contribution in [0.1, 0.15) is 15.9 Å². The third kappa shape index (κ3) is 5.36. The van der Waals surface area contributed by atoms with Crippen molar-refractivity contribution >= 4 is 29.3 Å². The van der Waals surface area contributed by atoms with Crippen molar-refractivity contribution in [1.29, 1.82) is 0 Å². The minimum absolute atomic E-state index is 0.0448. The van der Waals surface area contributed by atoms with Gasteiger partial charge < -0.3 is 10.6 Å². The van der Waals surface area contributed by atoms with Gasteiger partial charge in [-0.3, -0.25) is 19.7 Å². The molecule has 0 atom stereocenters. The molecule has 29 heavy (non-hydrogen) atoms. The lowest BCUT2D eigenvalue weighted by Crippen LogP contribution is -2.30. The maximum atomic E-state index is 12.7. The Kier molecular flexibility index (Phi) is 6.12. The van der Waals surface area contributed by atoms with Crippen LogP contribution in [-0.4, -0.2) is 16.7 Å². The van der Waals surface area contributed by atoms with Crippen LogP contribution in [0.5, 0.6) is 0 Å². The molecule has 7 heteroatoms. The lowest BCUT2D eigenvalue weighted by Gasteiger charge is -2.11. The number of benzene rings is 3. The molecule has 3 rings (SSSR count). The number of carbonyl (C=O) groups is 2. The summed E-state index contributed by atoms with van der Waals surface area (Å²) in [5, 5.41) is 16.1. The molecule has 0 aliphatic carbocycles. The standard InChI is InChI=1S/C22H17N3O4/c26-21(17-11-13-19(14-12-17)25(28)29)24-20(15-16-7-3-1-4-8-16)22(27)23-18-9-5-2-6-10-18/h1-15H,(H,23,27)(H,24,26)/b20-15-. The second-order valence-corrected chi connectivity index (χ2v) is 6.05. The molecule has 144 valence electrons. The number of non-ortho nitro benzene ring substituents is 1. The van der Waals surface area contributed by atoms with Gasteiger partial charge in [-0.2, -0.15) is 0 Å². The number of hydrogen-bond donors (Lipinski definition) is 2. The van der Waals surface area contributed by atoms with Crippen molar-refractivity contribution in [2.45, 2.75) is 0 Å². The molecule has 7 nitrogen and oxygen atoms in total. The fraction of sp³-hybridized carbons (Fsp3) is 0. The van der Waals surface area contributed by atoms with Crippen LogP contribution in [0.3, 0.4) is 0 Å². The minimum Gasteiger partial charge on any atom is -0.321 e. The van der Waals surface area contributed by atoms with Gasteiger partial charge in [0.05, 0.1) is 4.92 Å². The summed E-state index contributed by atoms with van der Waals surface area (Å²) in [4.78, 5) is 35.5. The van der Waals surface area contributed by atoms with Gasteiger partial charge in [0.2, 0.25) is 0 Å². The zero-order valence-corrected chi connectivity index (χ0v) is 15.2. The van der Waals surface area contributed by atoms with Gasteiger partial charge >= 0.3 is 0 Å². The highest BCUT2D eigenvalue weighted by atomic mass is 16.6. The molecular weight excluding hydrogens is 370 g/mol. The van der Waals surface area contributed by atoms with E-state index in [1.165, 1.54) is 24.3 Å². The first kappa shape index (κ1) is 19.5. The molecule has 3 aromatic carbocycles. The predicted molar refractivity (Wildman–Crippen MR) is 110 cm³/mol. The Bertz CT molecular complexity index is 1050. The van der Waals surface area contributed by atoms with Crippen molar-refractivity contribution in [3.8, 4) is 0 Å². The SMILES string of the molecule is O=C(Nc1ccccc1)/C(=C/c1ccccc1)NC(=O)c1ccc([N+](=O)[O-])cc1. The molecule has 0 heterocycles. The Morgan fingerprint density at radius 2 is 1.41 bits per heavy atom. The monoisotopic (exact) mass is 387 g/mol. The van der Waals surface area contributed by atoms with Crippen LogP contribution >= 0.6 is 0 Å². The van der Waals surface area contributed by atoms with Crippen molar-refractivity contribution in [3.05, 3.63) is 112 Å². The number of hydrogen-bond acceptors (Lipinski definition) is 4. The number of anilines is 1. The highest BCUT2D eigenvalue weighted by molar-refractivity contribution is 6.10. The largest absolute Gasteiger partial charge is 0.321 e. The summed E-state index contributed by atoms with van der Waals surface area (Å²) in [7, 11) is 0. The Morgan fingerprint density at radius 3 is 2.00 bits per heavy atom. The number of amides is 2. The Hall–Kier alpha value is -4.26. The topological polar surface area (TPSA) is 101 Å². The summed E-state index contributed by atoms with van der Waals surface area (Å²) in [5.74, 6) is -1.04. The maximum Gasteiger partial charge on any atom is 0.272 e. The number of nitro benzene ring substituents is 1. The number of rotatable bonds is 6. The lowest BCUT2D eigenvalue weighted by molar-refractivity contribution is -0.384. The molecule has 0 fully saturated rings. The van der Waals surface area contributed by atoms with E-state index in [1.807, 2.05) is 24.3 Å². The van der Waals surface area contributed by atoms with E-state index in [4.69, 9.17) is 0 Å². The van der Waals surface area contributed by atoms with Gasteiger partial charge in [-0.25, -0.2) is 0 Å². The van der Waals surface area contributed by atoms with E-state index in [1.54, 1.807) is 42.5 Å². The number of carbonyl (C=O) groups excluding carboxylic acids is 2. The van der Waals surface area contributed by atoms with Gasteiger partial charge in [0.25, 0.3) is 17.5 Å². The van der Waals surface area contributed by atoms with Crippen LogP contribution < -0.4 is 10.6 Å². The fourth-order valence-corrected chi connectivity index (χ4v) is 2.52. The Labute approximate surface area is 166 Å². The van der Waals surface area contributed by atoms with Crippen LogP contribution in [0.4, 0.5) is 11.4 Å². The number of nitro groups is 1. The molecule has 2 N–H and O–H groups in total. The van der Waals surface area contributed by atoms with E-state index >= 15 is 0 Å². The highest BCUT2D eigenvalue weighted by Crippen LogP contribution is 2.14. The first-order valence-electron chi connectivity index (χ1n) is 8.72. The van der Waals surface area contributed by atoms with Crippen LogP contribution in [0, 0.1) is 10.1 Å². The molecular formula is C22H17N3O4. The molecule has 0 bridgehead atoms. The molecule has 0 aliphatic rings. The smallest absolute Gasteiger partial charge is 0.272 e. The first-order valence-corrected chi connectivity index (χ1v) is 8.72. The molecule has 0 spiro atoms. The third-order valence-electron chi connectivity index (χ3n) is 3.98. The van der Waals surface area contributed by atoms with Crippen molar-refractivity contribution in [3.63, 3.8) is 0 Å². The van der Waals surface area contributed by atoms with Gasteiger partial charge in [0, 0.05) is 23.4 Å². The minimum atomic E-state index is -0.551. The number of para-hydroxylation sites is 1. The molecule has 3 aromatic rings. The molecule has 0 radical (unpaired) electrons. The third-order valence-corrected chi connectivity index (χ3v) is 3.98. The summed E-state index contributed by atoms with van der Waals surface area (Å²) in [6.45, 7) is 0. The zero-order chi connectivity index (χ0) is 20.6. The maximum absolute atomic E-state index is 12.7. The predicted octanol–water partition coefficient (Wildman–Crippen LogP) is 4.00. The van der Waals surface area contributed by atoms with E-state index < -0.39 is 16.7 Å². The summed E-state index contributed by atoms with van der Waals surface area (Å²) in [5.41, 5.74) is 1.43. The summed E-state index contributed by atoms with van der Waals surface area (Å²) in [6.07, 6.45) is 1.56. The van der Waals surface area contributed by atoms with Gasteiger partial charge in [-0.1, -0.05) is 48.5 Å². The first-order chi connectivity index (χ1) is 14.0. The van der Waals surface area contributed by atoms with Crippen LogP contribution in [-0.2, 0) is 4.79 Å². The molecule has 0 aliphatic heterocycles. The average Bonchev–Trinajstić information content (AvgIpc) is 2.74. The average molecular weight is 387 g/mol. The number of nitrogens with zero attached hydrogens (tertiary/aromatic N) is 1. The van der Waals surface area contributed by atoms with Crippen LogP contribution in [0.2, 0.25) is 0 Å². The molecule has 0 saturated carbocycles. The van der Waals surface area contributed by atoms with Gasteiger partial charge in [-0.15, -0.1) is 0 Å². The summed E-state index contributed by atoms with van der Waals surface area (Å²) < 4.78 is 0. The molecule has 0 unspecified atom stereocenters. The van der Waals surface area contributed by atoms with E-state index in [-0.39, 0.29) is 16.9 Å². The highest BCUT2D eigenvalue weighted by Gasteiger charge is 2.16. The van der Waals surface area contributed by atoms with E-state index in [0.717, 1.165) is 5.56 Å². The van der Waals surface area contributed by atoms with Crippen LogP contribution in [0.25, 0.3) is 6.08 Å². The Balaban J connectivity index is 1.84. The van der Waals surface area contributed by atoms with E-state index in [0.29, 0.717) is 5.69 Å².